The lowest BCUT2D eigenvalue weighted by atomic mass is 10.1. The van der Waals surface area contributed by atoms with Gasteiger partial charge in [0, 0.05) is 17.4 Å². The summed E-state index contributed by atoms with van der Waals surface area (Å²) < 4.78 is 5.75. The number of benzene rings is 2. The highest BCUT2D eigenvalue weighted by Crippen LogP contribution is 2.19. The summed E-state index contributed by atoms with van der Waals surface area (Å²) >= 11 is 0. The van der Waals surface area contributed by atoms with Gasteiger partial charge >= 0.3 is 0 Å². The van der Waals surface area contributed by atoms with Crippen molar-refractivity contribution in [1.29, 1.82) is 0 Å². The van der Waals surface area contributed by atoms with E-state index in [4.69, 9.17) is 4.74 Å². The molecule has 1 amide bonds. The first-order chi connectivity index (χ1) is 11.9. The van der Waals surface area contributed by atoms with Crippen LogP contribution < -0.4 is 15.4 Å². The Morgan fingerprint density at radius 3 is 2.68 bits per heavy atom. The molecule has 0 fully saturated rings. The molecule has 4 heteroatoms. The minimum atomic E-state index is -0.0696. The van der Waals surface area contributed by atoms with Gasteiger partial charge in [0.05, 0.1) is 13.2 Å². The number of hydrogen-bond acceptors (Lipinski definition) is 3. The SMILES string of the molecule is Cc1ccc(C)c(NC(=O)CNc2cccc(OCCC(C)C)c2)c1. The molecule has 0 saturated carbocycles. The summed E-state index contributed by atoms with van der Waals surface area (Å²) in [6.07, 6.45) is 1.02. The van der Waals surface area contributed by atoms with Gasteiger partial charge in [-0.3, -0.25) is 4.79 Å². The molecule has 25 heavy (non-hydrogen) atoms. The quantitative estimate of drug-likeness (QED) is 0.727. The van der Waals surface area contributed by atoms with E-state index in [0.717, 1.165) is 34.7 Å². The number of carbonyl (C=O) groups excluding carboxylic acids is 1. The summed E-state index contributed by atoms with van der Waals surface area (Å²) in [7, 11) is 0. The van der Waals surface area contributed by atoms with Gasteiger partial charge in [-0.25, -0.2) is 0 Å². The third-order valence-electron chi connectivity index (χ3n) is 3.92. The molecule has 2 aromatic rings. The summed E-state index contributed by atoms with van der Waals surface area (Å²) in [5.74, 6) is 1.37. The third kappa shape index (κ3) is 6.49. The van der Waals surface area contributed by atoms with Crippen LogP contribution in [0.5, 0.6) is 5.75 Å². The van der Waals surface area contributed by atoms with Gasteiger partial charge in [0.25, 0.3) is 0 Å². The second-order valence-electron chi connectivity index (χ2n) is 6.78. The molecule has 0 aromatic heterocycles. The van der Waals surface area contributed by atoms with Crippen LogP contribution >= 0.6 is 0 Å². The van der Waals surface area contributed by atoms with Gasteiger partial charge in [-0.15, -0.1) is 0 Å². The average molecular weight is 340 g/mol. The van der Waals surface area contributed by atoms with Crippen molar-refractivity contribution in [2.45, 2.75) is 34.1 Å². The van der Waals surface area contributed by atoms with E-state index in [-0.39, 0.29) is 12.5 Å². The zero-order valence-electron chi connectivity index (χ0n) is 15.6. The van der Waals surface area contributed by atoms with E-state index in [9.17, 15) is 4.79 Å². The van der Waals surface area contributed by atoms with Crippen molar-refractivity contribution in [2.24, 2.45) is 5.92 Å². The first kappa shape index (κ1) is 18.8. The van der Waals surface area contributed by atoms with E-state index in [1.54, 1.807) is 0 Å². The van der Waals surface area contributed by atoms with Crippen LogP contribution in [0, 0.1) is 19.8 Å². The molecule has 4 nitrogen and oxygen atoms in total. The lowest BCUT2D eigenvalue weighted by Crippen LogP contribution is -2.22. The number of anilines is 2. The van der Waals surface area contributed by atoms with Crippen LogP contribution in [0.25, 0.3) is 0 Å². The molecular weight excluding hydrogens is 312 g/mol. The number of rotatable bonds is 8. The highest BCUT2D eigenvalue weighted by Gasteiger charge is 2.06. The van der Waals surface area contributed by atoms with Crippen LogP contribution in [0.3, 0.4) is 0 Å². The molecule has 0 spiro atoms. The largest absolute Gasteiger partial charge is 0.494 e. The molecule has 0 saturated heterocycles. The zero-order chi connectivity index (χ0) is 18.2. The maximum atomic E-state index is 12.2. The minimum absolute atomic E-state index is 0.0696. The summed E-state index contributed by atoms with van der Waals surface area (Å²) in [6.45, 7) is 9.27. The fraction of sp³-hybridized carbons (Fsp3) is 0.381. The van der Waals surface area contributed by atoms with Crippen LogP contribution in [0.1, 0.15) is 31.4 Å². The number of amides is 1. The lowest BCUT2D eigenvalue weighted by molar-refractivity contribution is -0.114. The Kier molecular flexibility index (Phi) is 6.87. The monoisotopic (exact) mass is 340 g/mol. The van der Waals surface area contributed by atoms with Crippen molar-refractivity contribution >= 4 is 17.3 Å². The number of nitrogens with one attached hydrogen (secondary N) is 2. The average Bonchev–Trinajstić information content (AvgIpc) is 2.56. The van der Waals surface area contributed by atoms with Crippen LogP contribution in [-0.4, -0.2) is 19.1 Å². The Morgan fingerprint density at radius 1 is 1.12 bits per heavy atom. The predicted molar refractivity (Wildman–Crippen MR) is 104 cm³/mol. The van der Waals surface area contributed by atoms with Crippen molar-refractivity contribution in [3.63, 3.8) is 0 Å². The lowest BCUT2D eigenvalue weighted by Gasteiger charge is -2.12. The standard InChI is InChI=1S/C21H28N2O2/c1-15(2)10-11-25-19-7-5-6-18(13-19)22-14-21(24)23-20-12-16(3)8-9-17(20)4/h5-9,12-13,15,22H,10-11,14H2,1-4H3,(H,23,24). The molecule has 2 aromatic carbocycles. The highest BCUT2D eigenvalue weighted by molar-refractivity contribution is 5.94. The van der Waals surface area contributed by atoms with Crippen molar-refractivity contribution in [1.82, 2.24) is 0 Å². The van der Waals surface area contributed by atoms with Crippen molar-refractivity contribution < 1.29 is 9.53 Å². The predicted octanol–water partition coefficient (Wildman–Crippen LogP) is 4.78. The van der Waals surface area contributed by atoms with Crippen LogP contribution in [0.4, 0.5) is 11.4 Å². The van der Waals surface area contributed by atoms with E-state index in [1.165, 1.54) is 0 Å². The zero-order valence-corrected chi connectivity index (χ0v) is 15.6. The van der Waals surface area contributed by atoms with Gasteiger partial charge in [-0.2, -0.15) is 0 Å². The second kappa shape index (κ2) is 9.11. The van der Waals surface area contributed by atoms with Gasteiger partial charge in [-0.05, 0) is 55.5 Å². The van der Waals surface area contributed by atoms with Gasteiger partial charge in [-0.1, -0.05) is 32.0 Å². The van der Waals surface area contributed by atoms with Gasteiger partial charge < -0.3 is 15.4 Å². The van der Waals surface area contributed by atoms with E-state index < -0.39 is 0 Å². The first-order valence-electron chi connectivity index (χ1n) is 8.78. The highest BCUT2D eigenvalue weighted by atomic mass is 16.5. The molecule has 0 bridgehead atoms. The maximum Gasteiger partial charge on any atom is 0.243 e. The molecule has 2 N–H and O–H groups in total. The molecule has 0 atom stereocenters. The smallest absolute Gasteiger partial charge is 0.243 e. The van der Waals surface area contributed by atoms with Gasteiger partial charge in [0.2, 0.25) is 5.91 Å². The summed E-state index contributed by atoms with van der Waals surface area (Å²) in [5.41, 5.74) is 3.91. The number of hydrogen-bond donors (Lipinski definition) is 2. The fourth-order valence-corrected chi connectivity index (χ4v) is 2.36. The maximum absolute atomic E-state index is 12.2. The summed E-state index contributed by atoms with van der Waals surface area (Å²) in [4.78, 5) is 12.2. The Labute approximate surface area is 150 Å². The Hall–Kier alpha value is -2.49. The number of aryl methyl sites for hydroxylation is 2. The second-order valence-corrected chi connectivity index (χ2v) is 6.78. The molecule has 0 aliphatic carbocycles. The fourth-order valence-electron chi connectivity index (χ4n) is 2.36. The van der Waals surface area contributed by atoms with Crippen molar-refractivity contribution in [3.05, 3.63) is 53.6 Å². The van der Waals surface area contributed by atoms with Crippen LogP contribution in [-0.2, 0) is 4.79 Å². The van der Waals surface area contributed by atoms with Gasteiger partial charge in [0.15, 0.2) is 0 Å². The molecule has 0 aliphatic heterocycles. The normalized spacial score (nSPS) is 10.6. The minimum Gasteiger partial charge on any atom is -0.494 e. The molecule has 2 rings (SSSR count). The van der Waals surface area contributed by atoms with Crippen LogP contribution in [0.2, 0.25) is 0 Å². The van der Waals surface area contributed by atoms with E-state index in [2.05, 4.69) is 24.5 Å². The van der Waals surface area contributed by atoms with Crippen molar-refractivity contribution in [2.75, 3.05) is 23.8 Å². The molecule has 0 aliphatic rings. The van der Waals surface area contributed by atoms with E-state index in [0.29, 0.717) is 12.5 Å². The van der Waals surface area contributed by atoms with Gasteiger partial charge in [0.1, 0.15) is 5.75 Å². The molecular formula is C21H28N2O2. The number of carbonyl (C=O) groups is 1. The van der Waals surface area contributed by atoms with E-state index in [1.807, 2.05) is 56.3 Å². The Balaban J connectivity index is 1.86. The number of ether oxygens (including phenoxy) is 1. The molecule has 0 radical (unpaired) electrons. The Bertz CT molecular complexity index is 711. The summed E-state index contributed by atoms with van der Waals surface area (Å²) in [5, 5.41) is 6.10. The first-order valence-corrected chi connectivity index (χ1v) is 8.78. The third-order valence-corrected chi connectivity index (χ3v) is 3.92. The Morgan fingerprint density at radius 2 is 1.92 bits per heavy atom. The molecule has 0 unspecified atom stereocenters. The van der Waals surface area contributed by atoms with E-state index >= 15 is 0 Å². The molecule has 0 heterocycles. The van der Waals surface area contributed by atoms with Crippen molar-refractivity contribution in [3.8, 4) is 5.75 Å². The summed E-state index contributed by atoms with van der Waals surface area (Å²) in [6, 6.07) is 13.7. The topological polar surface area (TPSA) is 50.4 Å². The van der Waals surface area contributed by atoms with Crippen LogP contribution in [0.15, 0.2) is 42.5 Å². The molecule has 134 valence electrons.